The first kappa shape index (κ1) is 15.6. The van der Waals surface area contributed by atoms with Gasteiger partial charge in [-0.1, -0.05) is 25.8 Å². The second-order valence-corrected chi connectivity index (χ2v) is 6.02. The minimum absolute atomic E-state index is 0.710. The van der Waals surface area contributed by atoms with E-state index >= 15 is 0 Å². The molecule has 2 nitrogen and oxygen atoms in total. The maximum atomic E-state index is 6.02. The van der Waals surface area contributed by atoms with Crippen molar-refractivity contribution in [2.45, 2.75) is 58.8 Å². The highest BCUT2D eigenvalue weighted by atomic mass is 16.5. The summed E-state index contributed by atoms with van der Waals surface area (Å²) in [4.78, 5) is 0. The molecule has 0 aromatic rings. The minimum atomic E-state index is 0.710. The first-order chi connectivity index (χ1) is 9.92. The number of nitrogens with one attached hydrogen (secondary N) is 1. The molecule has 0 aromatic heterocycles. The third-order valence-corrected chi connectivity index (χ3v) is 4.62. The zero-order valence-corrected chi connectivity index (χ0v) is 13.3. The van der Waals surface area contributed by atoms with Crippen molar-refractivity contribution >= 4 is 0 Å². The van der Waals surface area contributed by atoms with Gasteiger partial charge in [0.1, 0.15) is 5.76 Å². The highest BCUT2D eigenvalue weighted by Crippen LogP contribution is 2.37. The Balaban J connectivity index is 0.000000704. The van der Waals surface area contributed by atoms with Gasteiger partial charge in [-0.15, -0.1) is 0 Å². The van der Waals surface area contributed by atoms with E-state index in [1.807, 2.05) is 13.8 Å². The zero-order valence-electron chi connectivity index (χ0n) is 13.3. The Hall–Kier alpha value is -0.760. The fourth-order valence-corrected chi connectivity index (χ4v) is 3.18. The van der Waals surface area contributed by atoms with Crippen LogP contribution < -0.4 is 5.32 Å². The van der Waals surface area contributed by atoms with E-state index in [0.29, 0.717) is 5.92 Å². The molecule has 3 aliphatic rings. The highest BCUT2D eigenvalue weighted by Gasteiger charge is 2.23. The molecule has 1 saturated heterocycles. The number of allylic oxidation sites excluding steroid dienone is 3. The Bertz CT molecular complexity index is 335. The number of piperidine rings is 1. The summed E-state index contributed by atoms with van der Waals surface area (Å²) in [6.07, 6.45) is 13.9. The maximum Gasteiger partial charge on any atom is 0.115 e. The smallest absolute Gasteiger partial charge is 0.115 e. The van der Waals surface area contributed by atoms with E-state index in [-0.39, 0.29) is 0 Å². The number of hydrogen-bond donors (Lipinski definition) is 1. The lowest BCUT2D eigenvalue weighted by Crippen LogP contribution is -2.32. The Labute approximate surface area is 124 Å². The summed E-state index contributed by atoms with van der Waals surface area (Å²) in [5.41, 5.74) is 1.65. The molecule has 1 atom stereocenters. The Morgan fingerprint density at radius 3 is 2.70 bits per heavy atom. The van der Waals surface area contributed by atoms with Crippen LogP contribution in [0.4, 0.5) is 0 Å². The summed E-state index contributed by atoms with van der Waals surface area (Å²) in [6, 6.07) is 0. The van der Waals surface area contributed by atoms with Gasteiger partial charge in [-0.2, -0.15) is 0 Å². The van der Waals surface area contributed by atoms with E-state index < -0.39 is 0 Å². The van der Waals surface area contributed by atoms with Crippen LogP contribution >= 0.6 is 0 Å². The van der Waals surface area contributed by atoms with E-state index in [2.05, 4.69) is 17.5 Å². The van der Waals surface area contributed by atoms with Gasteiger partial charge < -0.3 is 10.1 Å². The van der Waals surface area contributed by atoms with Crippen molar-refractivity contribution in [3.8, 4) is 0 Å². The van der Waals surface area contributed by atoms with Gasteiger partial charge in [0, 0.05) is 12.5 Å². The molecule has 2 fully saturated rings. The van der Waals surface area contributed by atoms with Gasteiger partial charge in [-0.05, 0) is 63.1 Å². The third kappa shape index (κ3) is 4.37. The largest absolute Gasteiger partial charge is 0.494 e. The van der Waals surface area contributed by atoms with Crippen molar-refractivity contribution in [3.05, 3.63) is 23.5 Å². The van der Waals surface area contributed by atoms with Gasteiger partial charge in [0.2, 0.25) is 0 Å². The monoisotopic (exact) mass is 277 g/mol. The van der Waals surface area contributed by atoms with E-state index in [0.717, 1.165) is 24.8 Å². The molecule has 1 aliphatic heterocycles. The molecule has 0 aromatic carbocycles. The van der Waals surface area contributed by atoms with Gasteiger partial charge in [0.25, 0.3) is 0 Å². The van der Waals surface area contributed by atoms with Crippen LogP contribution in [0.1, 0.15) is 58.8 Å². The SMILES string of the molecule is C1=C(OCC2CCCNC2)C=C(C2CCC2)CC1.CC. The summed E-state index contributed by atoms with van der Waals surface area (Å²) in [6.45, 7) is 7.21. The van der Waals surface area contributed by atoms with Gasteiger partial charge >= 0.3 is 0 Å². The van der Waals surface area contributed by atoms with Crippen LogP contribution in [0.15, 0.2) is 23.5 Å². The lowest BCUT2D eigenvalue weighted by molar-refractivity contribution is 0.154. The number of rotatable bonds is 4. The maximum absolute atomic E-state index is 6.02. The minimum Gasteiger partial charge on any atom is -0.494 e. The predicted molar refractivity (Wildman–Crippen MR) is 85.6 cm³/mol. The highest BCUT2D eigenvalue weighted by molar-refractivity contribution is 5.26. The molecule has 1 saturated carbocycles. The second kappa shape index (κ2) is 8.51. The first-order valence-electron chi connectivity index (χ1n) is 8.66. The molecule has 1 heterocycles. The van der Waals surface area contributed by atoms with E-state index in [4.69, 9.17) is 4.74 Å². The molecular weight excluding hydrogens is 246 g/mol. The summed E-state index contributed by atoms with van der Waals surface area (Å²) in [7, 11) is 0. The zero-order chi connectivity index (χ0) is 14.2. The molecule has 0 bridgehead atoms. The van der Waals surface area contributed by atoms with Crippen molar-refractivity contribution in [2.75, 3.05) is 19.7 Å². The molecule has 0 radical (unpaired) electrons. The van der Waals surface area contributed by atoms with Crippen molar-refractivity contribution < 1.29 is 4.74 Å². The summed E-state index contributed by atoms with van der Waals surface area (Å²) < 4.78 is 6.02. The van der Waals surface area contributed by atoms with Gasteiger partial charge in [-0.25, -0.2) is 0 Å². The fraction of sp³-hybridized carbons (Fsp3) is 0.778. The molecule has 1 unspecified atom stereocenters. The van der Waals surface area contributed by atoms with Crippen LogP contribution in [-0.2, 0) is 4.74 Å². The molecule has 20 heavy (non-hydrogen) atoms. The standard InChI is InChI=1S/C16H25NO.C2H6/c1-5-14(6-1)15-7-2-8-16(10-15)18-12-13-4-3-9-17-11-13;1-2/h8,10,13-14,17H,1-7,9,11-12H2;1-2H3. The number of ether oxygens (including phenoxy) is 1. The van der Waals surface area contributed by atoms with Gasteiger partial charge in [0.05, 0.1) is 6.61 Å². The third-order valence-electron chi connectivity index (χ3n) is 4.62. The average molecular weight is 277 g/mol. The van der Waals surface area contributed by atoms with Crippen molar-refractivity contribution in [1.29, 1.82) is 0 Å². The van der Waals surface area contributed by atoms with Crippen LogP contribution in [0.5, 0.6) is 0 Å². The van der Waals surface area contributed by atoms with E-state index in [1.54, 1.807) is 5.57 Å². The molecule has 0 spiro atoms. The van der Waals surface area contributed by atoms with E-state index in [9.17, 15) is 0 Å². The number of hydrogen-bond acceptors (Lipinski definition) is 2. The van der Waals surface area contributed by atoms with Gasteiger partial charge in [0.15, 0.2) is 0 Å². The quantitative estimate of drug-likeness (QED) is 0.820. The average Bonchev–Trinajstić information content (AvgIpc) is 2.47. The van der Waals surface area contributed by atoms with E-state index in [1.165, 1.54) is 51.5 Å². The first-order valence-corrected chi connectivity index (χ1v) is 8.66. The topological polar surface area (TPSA) is 21.3 Å². The normalized spacial score (nSPS) is 26.6. The molecule has 2 heteroatoms. The van der Waals surface area contributed by atoms with Crippen molar-refractivity contribution in [2.24, 2.45) is 11.8 Å². The molecule has 1 N–H and O–H groups in total. The van der Waals surface area contributed by atoms with Crippen LogP contribution in [0.2, 0.25) is 0 Å². The Morgan fingerprint density at radius 1 is 1.20 bits per heavy atom. The molecule has 114 valence electrons. The van der Waals surface area contributed by atoms with Crippen molar-refractivity contribution in [3.63, 3.8) is 0 Å². The lowest BCUT2D eigenvalue weighted by atomic mass is 9.77. The van der Waals surface area contributed by atoms with Gasteiger partial charge in [-0.3, -0.25) is 0 Å². The molecule has 2 aliphatic carbocycles. The van der Waals surface area contributed by atoms with Crippen LogP contribution in [0, 0.1) is 11.8 Å². The van der Waals surface area contributed by atoms with Crippen LogP contribution in [0.25, 0.3) is 0 Å². The lowest BCUT2D eigenvalue weighted by Gasteiger charge is -2.30. The van der Waals surface area contributed by atoms with Crippen LogP contribution in [0.3, 0.4) is 0 Å². The molecule has 0 amide bonds. The molecule has 3 rings (SSSR count). The van der Waals surface area contributed by atoms with Crippen molar-refractivity contribution in [1.82, 2.24) is 5.32 Å². The van der Waals surface area contributed by atoms with Crippen LogP contribution in [-0.4, -0.2) is 19.7 Å². The summed E-state index contributed by atoms with van der Waals surface area (Å²) in [5, 5.41) is 3.45. The Kier molecular flexibility index (Phi) is 6.65. The Morgan fingerprint density at radius 2 is 2.05 bits per heavy atom. The predicted octanol–water partition coefficient (Wildman–Crippen LogP) is 4.43. The summed E-state index contributed by atoms with van der Waals surface area (Å²) >= 11 is 0. The molecular formula is C18H31NO. The summed E-state index contributed by atoms with van der Waals surface area (Å²) in [5.74, 6) is 2.74. The second-order valence-electron chi connectivity index (χ2n) is 6.02. The fourth-order valence-electron chi connectivity index (χ4n) is 3.18.